The topological polar surface area (TPSA) is 51.2 Å². The molecule has 0 N–H and O–H groups in total. The van der Waals surface area contributed by atoms with Gasteiger partial charge in [0.05, 0.1) is 9.92 Å². The molecule has 0 aliphatic heterocycles. The molecule has 0 amide bonds. The number of hydrogen-bond acceptors (Lipinski definition) is 3. The van der Waals surface area contributed by atoms with Crippen molar-refractivity contribution in [2.24, 2.45) is 0 Å². The third-order valence-corrected chi connectivity index (χ3v) is 4.91. The van der Waals surface area contributed by atoms with Gasteiger partial charge in [0.15, 0.2) is 15.6 Å². The molecule has 0 saturated heterocycles. The molecular weight excluding hydrogens is 338 g/mol. The van der Waals surface area contributed by atoms with Crippen LogP contribution in [0.1, 0.15) is 10.4 Å². The van der Waals surface area contributed by atoms with Crippen LogP contribution in [0.25, 0.3) is 0 Å². The van der Waals surface area contributed by atoms with E-state index in [0.717, 1.165) is 24.3 Å². The second-order valence-corrected chi connectivity index (χ2v) is 7.09. The number of carbonyl (C=O) groups is 1. The van der Waals surface area contributed by atoms with E-state index >= 15 is 0 Å². The van der Waals surface area contributed by atoms with Crippen LogP contribution in [0.2, 0.25) is 10.0 Å². The summed E-state index contributed by atoms with van der Waals surface area (Å²) in [5.41, 5.74) is 0.0757. The fourth-order valence-electron chi connectivity index (χ4n) is 1.69. The summed E-state index contributed by atoms with van der Waals surface area (Å²) in [6, 6.07) is 8.45. The molecule has 0 unspecified atom stereocenters. The number of sulfone groups is 1. The maximum atomic E-state index is 12.8. The molecule has 0 aliphatic rings. The molecule has 0 radical (unpaired) electrons. The summed E-state index contributed by atoms with van der Waals surface area (Å²) in [6.45, 7) is 0. The number of rotatable bonds is 4. The van der Waals surface area contributed by atoms with Crippen LogP contribution in [0.15, 0.2) is 47.4 Å². The zero-order valence-corrected chi connectivity index (χ0v) is 12.8. The lowest BCUT2D eigenvalue weighted by molar-refractivity contribution is 0.102. The van der Waals surface area contributed by atoms with Crippen molar-refractivity contribution in [2.75, 3.05) is 5.75 Å². The quantitative estimate of drug-likeness (QED) is 0.625. The average molecular weight is 347 g/mol. The summed E-state index contributed by atoms with van der Waals surface area (Å²) in [4.78, 5) is 11.9. The lowest BCUT2D eigenvalue weighted by Crippen LogP contribution is -2.16. The van der Waals surface area contributed by atoms with E-state index in [1.807, 2.05) is 0 Å². The van der Waals surface area contributed by atoms with Crippen molar-refractivity contribution in [1.82, 2.24) is 0 Å². The number of Topliss-reactive ketones (excluding diaryl/α,β-unsaturated/α-hetero) is 1. The molecule has 0 atom stereocenters. The second kappa shape index (κ2) is 6.13. The van der Waals surface area contributed by atoms with Gasteiger partial charge in [-0.3, -0.25) is 4.79 Å². The van der Waals surface area contributed by atoms with Gasteiger partial charge in [-0.15, -0.1) is 0 Å². The molecule has 0 spiro atoms. The van der Waals surface area contributed by atoms with Crippen LogP contribution in [-0.2, 0) is 9.84 Å². The van der Waals surface area contributed by atoms with E-state index in [1.165, 1.54) is 18.2 Å². The molecule has 0 aromatic heterocycles. The first-order valence-electron chi connectivity index (χ1n) is 5.76. The highest BCUT2D eigenvalue weighted by Gasteiger charge is 2.22. The van der Waals surface area contributed by atoms with Crippen molar-refractivity contribution in [3.8, 4) is 0 Å². The summed E-state index contributed by atoms with van der Waals surface area (Å²) < 4.78 is 37.0. The Morgan fingerprint density at radius 1 is 1.05 bits per heavy atom. The van der Waals surface area contributed by atoms with Crippen molar-refractivity contribution in [1.29, 1.82) is 0 Å². The number of carbonyl (C=O) groups excluding carboxylic acids is 1. The second-order valence-electron chi connectivity index (χ2n) is 4.26. The van der Waals surface area contributed by atoms with Crippen LogP contribution in [0, 0.1) is 5.82 Å². The summed E-state index contributed by atoms with van der Waals surface area (Å²) >= 11 is 11.6. The predicted molar refractivity (Wildman–Crippen MR) is 79.2 cm³/mol. The lowest BCUT2D eigenvalue weighted by atomic mass is 10.1. The van der Waals surface area contributed by atoms with Crippen LogP contribution < -0.4 is 0 Å². The van der Waals surface area contributed by atoms with Gasteiger partial charge in [0.1, 0.15) is 11.6 Å². The number of ketones is 1. The Labute approximate surface area is 131 Å². The van der Waals surface area contributed by atoms with Crippen molar-refractivity contribution < 1.29 is 17.6 Å². The third-order valence-electron chi connectivity index (χ3n) is 2.73. The number of hydrogen-bond donors (Lipinski definition) is 0. The Kier molecular flexibility index (Phi) is 4.66. The molecule has 3 nitrogen and oxygen atoms in total. The molecule has 0 aliphatic carbocycles. The molecule has 21 heavy (non-hydrogen) atoms. The van der Waals surface area contributed by atoms with Crippen LogP contribution in [0.3, 0.4) is 0 Å². The van der Waals surface area contributed by atoms with Gasteiger partial charge >= 0.3 is 0 Å². The maximum absolute atomic E-state index is 12.8. The Morgan fingerprint density at radius 2 is 1.67 bits per heavy atom. The normalized spacial score (nSPS) is 11.4. The molecule has 7 heteroatoms. The highest BCUT2D eigenvalue weighted by molar-refractivity contribution is 7.92. The van der Waals surface area contributed by atoms with Gasteiger partial charge in [0, 0.05) is 10.6 Å². The van der Waals surface area contributed by atoms with E-state index < -0.39 is 27.2 Å². The molecule has 110 valence electrons. The van der Waals surface area contributed by atoms with Crippen molar-refractivity contribution >= 4 is 38.8 Å². The molecule has 2 rings (SSSR count). The first-order chi connectivity index (χ1) is 9.79. The zero-order chi connectivity index (χ0) is 15.6. The van der Waals surface area contributed by atoms with Crippen molar-refractivity contribution in [3.05, 3.63) is 63.9 Å². The first kappa shape index (κ1) is 15.9. The Balaban J connectivity index is 2.28. The van der Waals surface area contributed by atoms with Crippen LogP contribution in [-0.4, -0.2) is 20.0 Å². The smallest absolute Gasteiger partial charge is 0.185 e. The highest BCUT2D eigenvalue weighted by Crippen LogP contribution is 2.22. The Hall–Kier alpha value is -1.43. The van der Waals surface area contributed by atoms with E-state index in [4.69, 9.17) is 23.2 Å². The summed E-state index contributed by atoms with van der Waals surface area (Å²) in [7, 11) is -3.86. The maximum Gasteiger partial charge on any atom is 0.185 e. The predicted octanol–water partition coefficient (Wildman–Crippen LogP) is 3.79. The minimum Gasteiger partial charge on any atom is -0.293 e. The zero-order valence-electron chi connectivity index (χ0n) is 10.5. The minimum absolute atomic E-state index is 0.0757. The fourth-order valence-corrected chi connectivity index (χ4v) is 3.42. The molecule has 2 aromatic carbocycles. The summed E-state index contributed by atoms with van der Waals surface area (Å²) in [5.74, 6) is -1.96. The van der Waals surface area contributed by atoms with E-state index in [2.05, 4.69) is 0 Å². The summed E-state index contributed by atoms with van der Waals surface area (Å²) in [5, 5.41) is 0.430. The van der Waals surface area contributed by atoms with E-state index in [-0.39, 0.29) is 15.5 Å². The van der Waals surface area contributed by atoms with Crippen LogP contribution in [0.4, 0.5) is 4.39 Å². The molecule has 0 fully saturated rings. The first-order valence-corrected chi connectivity index (χ1v) is 8.17. The number of benzene rings is 2. The van der Waals surface area contributed by atoms with Crippen molar-refractivity contribution in [2.45, 2.75) is 4.90 Å². The molecule has 2 aromatic rings. The molecule has 0 heterocycles. The van der Waals surface area contributed by atoms with Crippen LogP contribution in [0.5, 0.6) is 0 Å². The highest BCUT2D eigenvalue weighted by atomic mass is 35.5. The number of halogens is 3. The van der Waals surface area contributed by atoms with E-state index in [1.54, 1.807) is 0 Å². The molecule has 0 bridgehead atoms. The standard InChI is InChI=1S/C14H9Cl2FO3S/c15-9-1-6-12(13(16)7-9)14(18)8-21(19,20)11-4-2-10(17)3-5-11/h1-7H,8H2. The lowest BCUT2D eigenvalue weighted by Gasteiger charge is -2.06. The minimum atomic E-state index is -3.86. The van der Waals surface area contributed by atoms with Crippen molar-refractivity contribution in [3.63, 3.8) is 0 Å². The van der Waals surface area contributed by atoms with Gasteiger partial charge in [-0.05, 0) is 42.5 Å². The Bertz CT molecular complexity index is 786. The van der Waals surface area contributed by atoms with Gasteiger partial charge in [0.25, 0.3) is 0 Å². The SMILES string of the molecule is O=C(CS(=O)(=O)c1ccc(F)cc1)c1ccc(Cl)cc1Cl. The molecular formula is C14H9Cl2FO3S. The largest absolute Gasteiger partial charge is 0.293 e. The van der Waals surface area contributed by atoms with Gasteiger partial charge in [-0.2, -0.15) is 0 Å². The Morgan fingerprint density at radius 3 is 2.24 bits per heavy atom. The average Bonchev–Trinajstić information content (AvgIpc) is 2.38. The van der Waals surface area contributed by atoms with Gasteiger partial charge in [-0.1, -0.05) is 23.2 Å². The monoisotopic (exact) mass is 346 g/mol. The van der Waals surface area contributed by atoms with Gasteiger partial charge in [-0.25, -0.2) is 12.8 Å². The van der Waals surface area contributed by atoms with E-state index in [9.17, 15) is 17.6 Å². The molecule has 0 saturated carbocycles. The van der Waals surface area contributed by atoms with E-state index in [0.29, 0.717) is 5.02 Å². The summed E-state index contributed by atoms with van der Waals surface area (Å²) in [6.07, 6.45) is 0. The fraction of sp³-hybridized carbons (Fsp3) is 0.0714. The van der Waals surface area contributed by atoms with Crippen LogP contribution >= 0.6 is 23.2 Å². The van der Waals surface area contributed by atoms with Gasteiger partial charge < -0.3 is 0 Å². The third kappa shape index (κ3) is 3.81. The van der Waals surface area contributed by atoms with Gasteiger partial charge in [0.2, 0.25) is 0 Å².